The summed E-state index contributed by atoms with van der Waals surface area (Å²) in [6.07, 6.45) is 1.51. The van der Waals surface area contributed by atoms with Gasteiger partial charge in [-0.05, 0) is 18.6 Å². The van der Waals surface area contributed by atoms with E-state index in [1.807, 2.05) is 6.92 Å². The molecule has 0 saturated carbocycles. The van der Waals surface area contributed by atoms with E-state index in [9.17, 15) is 14.4 Å². The van der Waals surface area contributed by atoms with Crippen molar-refractivity contribution < 1.29 is 28.6 Å². The number of carbonyl (C=O) groups excluding carboxylic acids is 3. The molecule has 9 heteroatoms. The molecule has 0 fully saturated rings. The number of rotatable bonds is 7. The average Bonchev–Trinajstić information content (AvgIpc) is 2.88. The monoisotopic (exact) mass is 384 g/mol. The summed E-state index contributed by atoms with van der Waals surface area (Å²) < 4.78 is 15.9. The fraction of sp³-hybridized carbons (Fsp3) is 0.471. The largest absolute Gasteiger partial charge is 0.489 e. The van der Waals surface area contributed by atoms with Crippen LogP contribution in [-0.4, -0.2) is 50.7 Å². The highest BCUT2D eigenvalue weighted by molar-refractivity contribution is 6.32. The zero-order valence-corrected chi connectivity index (χ0v) is 15.2. The molecule has 1 aromatic carbocycles. The zero-order valence-electron chi connectivity index (χ0n) is 14.4. The summed E-state index contributed by atoms with van der Waals surface area (Å²) in [5.74, 6) is -0.865. The molecule has 0 aromatic heterocycles. The van der Waals surface area contributed by atoms with Crippen molar-refractivity contribution in [1.82, 2.24) is 10.6 Å². The van der Waals surface area contributed by atoms with Crippen molar-refractivity contribution in [2.24, 2.45) is 0 Å². The molecule has 0 bridgehead atoms. The molecule has 1 aromatic rings. The van der Waals surface area contributed by atoms with Crippen LogP contribution >= 0.6 is 11.6 Å². The third kappa shape index (κ3) is 5.80. The molecule has 142 valence electrons. The minimum atomic E-state index is -0.729. The smallest absolute Gasteiger partial charge is 0.338 e. The van der Waals surface area contributed by atoms with Crippen LogP contribution in [0.25, 0.3) is 0 Å². The van der Waals surface area contributed by atoms with Gasteiger partial charge in [-0.25, -0.2) is 4.79 Å². The standard InChI is InChI=1S/C17H21ClN2O6/c1-2-4-19-14(21)9-20-15(22)10-26-17(23)11-7-12(18)16-13(8-11)24-5-3-6-25-16/h7-8H,2-6,9-10H2,1H3,(H,19,21)(H,20,22). The lowest BCUT2D eigenvalue weighted by Gasteiger charge is -2.11. The van der Waals surface area contributed by atoms with Crippen LogP contribution in [0, 0.1) is 0 Å². The van der Waals surface area contributed by atoms with Crippen molar-refractivity contribution in [2.75, 3.05) is 32.9 Å². The number of carbonyl (C=O) groups is 3. The Kier molecular flexibility index (Phi) is 7.53. The van der Waals surface area contributed by atoms with Gasteiger partial charge in [0.1, 0.15) is 0 Å². The zero-order chi connectivity index (χ0) is 18.9. The summed E-state index contributed by atoms with van der Waals surface area (Å²) in [6.45, 7) is 2.70. The molecule has 2 N–H and O–H groups in total. The van der Waals surface area contributed by atoms with Crippen molar-refractivity contribution in [1.29, 1.82) is 0 Å². The van der Waals surface area contributed by atoms with Crippen molar-refractivity contribution in [3.63, 3.8) is 0 Å². The maximum Gasteiger partial charge on any atom is 0.338 e. The third-order valence-electron chi connectivity index (χ3n) is 3.39. The second-order valence-corrected chi connectivity index (χ2v) is 5.95. The predicted molar refractivity (Wildman–Crippen MR) is 93.7 cm³/mol. The van der Waals surface area contributed by atoms with E-state index in [0.29, 0.717) is 37.7 Å². The number of hydrogen-bond donors (Lipinski definition) is 2. The average molecular weight is 385 g/mol. The minimum Gasteiger partial charge on any atom is -0.489 e. The molecule has 2 amide bonds. The van der Waals surface area contributed by atoms with Crippen LogP contribution in [-0.2, 0) is 14.3 Å². The van der Waals surface area contributed by atoms with E-state index in [2.05, 4.69) is 10.6 Å². The van der Waals surface area contributed by atoms with Crippen molar-refractivity contribution in [3.05, 3.63) is 22.7 Å². The highest BCUT2D eigenvalue weighted by Crippen LogP contribution is 2.38. The number of fused-ring (bicyclic) bond motifs is 1. The van der Waals surface area contributed by atoms with Crippen LogP contribution in [0.5, 0.6) is 11.5 Å². The molecule has 1 aliphatic rings. The molecule has 1 aliphatic heterocycles. The molecule has 0 spiro atoms. The molecule has 0 radical (unpaired) electrons. The van der Waals surface area contributed by atoms with Gasteiger partial charge in [-0.3, -0.25) is 9.59 Å². The fourth-order valence-electron chi connectivity index (χ4n) is 2.12. The number of esters is 1. The summed E-state index contributed by atoms with van der Waals surface area (Å²) >= 11 is 6.12. The summed E-state index contributed by atoms with van der Waals surface area (Å²) in [4.78, 5) is 35.2. The normalized spacial score (nSPS) is 12.7. The van der Waals surface area contributed by atoms with Gasteiger partial charge in [-0.15, -0.1) is 0 Å². The van der Waals surface area contributed by atoms with E-state index in [-0.39, 0.29) is 23.0 Å². The van der Waals surface area contributed by atoms with Crippen LogP contribution in [0.2, 0.25) is 5.02 Å². The molecule has 26 heavy (non-hydrogen) atoms. The molecule has 0 saturated heterocycles. The topological polar surface area (TPSA) is 103 Å². The summed E-state index contributed by atoms with van der Waals surface area (Å²) in [5, 5.41) is 5.22. The summed E-state index contributed by atoms with van der Waals surface area (Å²) in [5.41, 5.74) is 0.146. The number of ether oxygens (including phenoxy) is 3. The number of halogens is 1. The van der Waals surface area contributed by atoms with E-state index < -0.39 is 18.5 Å². The van der Waals surface area contributed by atoms with Crippen molar-refractivity contribution in [3.8, 4) is 11.5 Å². The maximum absolute atomic E-state index is 12.1. The van der Waals surface area contributed by atoms with Crippen LogP contribution in [0.4, 0.5) is 0 Å². The number of amides is 2. The van der Waals surface area contributed by atoms with Crippen LogP contribution in [0.15, 0.2) is 12.1 Å². The van der Waals surface area contributed by atoms with Gasteiger partial charge < -0.3 is 24.8 Å². The second kappa shape index (κ2) is 9.86. The van der Waals surface area contributed by atoms with Gasteiger partial charge in [0.2, 0.25) is 5.91 Å². The van der Waals surface area contributed by atoms with Crippen LogP contribution < -0.4 is 20.1 Å². The Hall–Kier alpha value is -2.48. The predicted octanol–water partition coefficient (Wildman–Crippen LogP) is 1.30. The van der Waals surface area contributed by atoms with Gasteiger partial charge in [0.05, 0.1) is 30.3 Å². The molecule has 8 nitrogen and oxygen atoms in total. The maximum atomic E-state index is 12.1. The lowest BCUT2D eigenvalue weighted by atomic mass is 10.2. The molecule has 2 rings (SSSR count). The van der Waals surface area contributed by atoms with Crippen molar-refractivity contribution >= 4 is 29.4 Å². The highest BCUT2D eigenvalue weighted by Gasteiger charge is 2.19. The van der Waals surface area contributed by atoms with E-state index in [0.717, 1.165) is 6.42 Å². The lowest BCUT2D eigenvalue weighted by Crippen LogP contribution is -2.38. The van der Waals surface area contributed by atoms with Gasteiger partial charge in [0.15, 0.2) is 18.1 Å². The Labute approximate surface area is 156 Å². The first-order valence-electron chi connectivity index (χ1n) is 8.31. The Morgan fingerprint density at radius 2 is 1.92 bits per heavy atom. The first kappa shape index (κ1) is 19.8. The molecule has 0 atom stereocenters. The van der Waals surface area contributed by atoms with E-state index >= 15 is 0 Å². The Morgan fingerprint density at radius 1 is 1.15 bits per heavy atom. The van der Waals surface area contributed by atoms with Gasteiger partial charge in [-0.1, -0.05) is 18.5 Å². The molecule has 0 unspecified atom stereocenters. The second-order valence-electron chi connectivity index (χ2n) is 5.54. The molecule has 0 aliphatic carbocycles. The quantitative estimate of drug-likeness (QED) is 0.687. The molecular weight excluding hydrogens is 364 g/mol. The van der Waals surface area contributed by atoms with Crippen molar-refractivity contribution in [2.45, 2.75) is 19.8 Å². The molecule has 1 heterocycles. The van der Waals surface area contributed by atoms with Gasteiger partial charge >= 0.3 is 5.97 Å². The number of hydrogen-bond acceptors (Lipinski definition) is 6. The van der Waals surface area contributed by atoms with Gasteiger partial charge in [0, 0.05) is 13.0 Å². The van der Waals surface area contributed by atoms with E-state index in [1.165, 1.54) is 12.1 Å². The highest BCUT2D eigenvalue weighted by atomic mass is 35.5. The summed E-state index contributed by atoms with van der Waals surface area (Å²) in [7, 11) is 0. The SMILES string of the molecule is CCCNC(=O)CNC(=O)COC(=O)c1cc(Cl)c2c(c1)OCCCO2. The lowest BCUT2D eigenvalue weighted by molar-refractivity contribution is -0.127. The van der Waals surface area contributed by atoms with E-state index in [1.54, 1.807) is 0 Å². The summed E-state index contributed by atoms with van der Waals surface area (Å²) in [6, 6.07) is 2.86. The van der Waals surface area contributed by atoms with Gasteiger partial charge in [-0.2, -0.15) is 0 Å². The number of nitrogens with one attached hydrogen (secondary N) is 2. The van der Waals surface area contributed by atoms with Gasteiger partial charge in [0.25, 0.3) is 5.91 Å². The minimum absolute atomic E-state index is 0.146. The Morgan fingerprint density at radius 3 is 2.69 bits per heavy atom. The van der Waals surface area contributed by atoms with Crippen LogP contribution in [0.3, 0.4) is 0 Å². The number of benzene rings is 1. The molecular formula is C17H21ClN2O6. The Balaban J connectivity index is 1.86. The van der Waals surface area contributed by atoms with Crippen LogP contribution in [0.1, 0.15) is 30.1 Å². The first-order valence-corrected chi connectivity index (χ1v) is 8.68. The first-order chi connectivity index (χ1) is 12.5. The third-order valence-corrected chi connectivity index (χ3v) is 3.67. The Bertz CT molecular complexity index is 679. The fourth-order valence-corrected chi connectivity index (χ4v) is 2.39. The van der Waals surface area contributed by atoms with E-state index in [4.69, 9.17) is 25.8 Å².